The first-order chi connectivity index (χ1) is 13.5. The van der Waals surface area contributed by atoms with Gasteiger partial charge in [-0.15, -0.1) is 0 Å². The average Bonchev–Trinajstić information content (AvgIpc) is 3.13. The number of benzene rings is 1. The van der Waals surface area contributed by atoms with Crippen LogP contribution in [0.15, 0.2) is 36.7 Å². The quantitative estimate of drug-likeness (QED) is 0.798. The molecule has 6 rings (SSSR count). The predicted molar refractivity (Wildman–Crippen MR) is 101 cm³/mol. The Morgan fingerprint density at radius 1 is 1.14 bits per heavy atom. The number of aryl methyl sites for hydroxylation is 1. The van der Waals surface area contributed by atoms with Gasteiger partial charge in [0.15, 0.2) is 11.6 Å². The summed E-state index contributed by atoms with van der Waals surface area (Å²) in [5, 5.41) is 0. The van der Waals surface area contributed by atoms with Gasteiger partial charge in [0.25, 0.3) is 5.91 Å². The van der Waals surface area contributed by atoms with E-state index in [1.54, 1.807) is 24.5 Å². The number of nitrogens with zero attached hydrogens (tertiary/aromatic N) is 3. The number of carbonyl (C=O) groups is 1. The maximum Gasteiger partial charge on any atom is 0.255 e. The molecule has 4 saturated heterocycles. The topological polar surface area (TPSA) is 36.4 Å². The summed E-state index contributed by atoms with van der Waals surface area (Å²) in [6.45, 7) is 4.26. The Kier molecular flexibility index (Phi) is 4.19. The minimum atomic E-state index is -0.822. The molecule has 4 fully saturated rings. The highest BCUT2D eigenvalue weighted by molar-refractivity contribution is 5.94. The lowest BCUT2D eigenvalue weighted by Crippen LogP contribution is -2.60. The van der Waals surface area contributed by atoms with Crippen molar-refractivity contribution in [3.8, 4) is 0 Å². The second-order valence-electron chi connectivity index (χ2n) is 8.31. The van der Waals surface area contributed by atoms with Crippen molar-refractivity contribution in [2.45, 2.75) is 37.8 Å². The largest absolute Gasteiger partial charge is 0.333 e. The fourth-order valence-electron chi connectivity index (χ4n) is 5.57. The van der Waals surface area contributed by atoms with Gasteiger partial charge in [-0.25, -0.2) is 8.78 Å². The summed E-state index contributed by atoms with van der Waals surface area (Å²) in [4.78, 5) is 21.8. The SMILES string of the molecule is Cc1cncc(C(=O)N2C[C@@H](c3cccc(F)c3F)[C@@H]3[C@H]2C2CCN3CC2)c1. The molecule has 0 N–H and O–H groups in total. The Hall–Kier alpha value is -2.34. The van der Waals surface area contributed by atoms with Crippen LogP contribution in [-0.2, 0) is 0 Å². The molecule has 1 amide bonds. The van der Waals surface area contributed by atoms with Crippen molar-refractivity contribution in [1.82, 2.24) is 14.8 Å². The van der Waals surface area contributed by atoms with Gasteiger partial charge in [0, 0.05) is 30.9 Å². The Morgan fingerprint density at radius 3 is 2.68 bits per heavy atom. The van der Waals surface area contributed by atoms with E-state index in [0.29, 0.717) is 23.6 Å². The molecule has 0 saturated carbocycles. The Labute approximate surface area is 163 Å². The van der Waals surface area contributed by atoms with Gasteiger partial charge in [-0.2, -0.15) is 0 Å². The molecule has 2 aromatic rings. The number of pyridine rings is 1. The highest BCUT2D eigenvalue weighted by atomic mass is 19.2. The molecule has 1 aromatic carbocycles. The molecule has 4 nitrogen and oxygen atoms in total. The van der Waals surface area contributed by atoms with Crippen molar-refractivity contribution in [1.29, 1.82) is 0 Å². The molecule has 5 heterocycles. The van der Waals surface area contributed by atoms with Crippen LogP contribution in [0.1, 0.15) is 40.2 Å². The van der Waals surface area contributed by atoms with Gasteiger partial charge < -0.3 is 4.90 Å². The molecule has 2 bridgehead atoms. The molecular formula is C22H23F2N3O. The van der Waals surface area contributed by atoms with E-state index >= 15 is 0 Å². The van der Waals surface area contributed by atoms with Crippen molar-refractivity contribution in [3.05, 3.63) is 65.0 Å². The lowest BCUT2D eigenvalue weighted by atomic mass is 9.75. The van der Waals surface area contributed by atoms with E-state index in [1.165, 1.54) is 0 Å². The molecule has 28 heavy (non-hydrogen) atoms. The fraction of sp³-hybridized carbons (Fsp3) is 0.455. The molecule has 0 unspecified atom stereocenters. The van der Waals surface area contributed by atoms with Gasteiger partial charge >= 0.3 is 0 Å². The first-order valence-electron chi connectivity index (χ1n) is 9.95. The number of amides is 1. The van der Waals surface area contributed by atoms with Crippen LogP contribution in [-0.4, -0.2) is 52.4 Å². The van der Waals surface area contributed by atoms with Gasteiger partial charge in [0.05, 0.1) is 11.6 Å². The fourth-order valence-corrected chi connectivity index (χ4v) is 5.57. The van der Waals surface area contributed by atoms with Crippen molar-refractivity contribution < 1.29 is 13.6 Å². The molecule has 6 heteroatoms. The smallest absolute Gasteiger partial charge is 0.255 e. The van der Waals surface area contributed by atoms with Crippen LogP contribution in [0.4, 0.5) is 8.78 Å². The summed E-state index contributed by atoms with van der Waals surface area (Å²) < 4.78 is 28.6. The van der Waals surface area contributed by atoms with E-state index in [2.05, 4.69) is 9.88 Å². The maximum absolute atomic E-state index is 14.7. The van der Waals surface area contributed by atoms with Crippen LogP contribution < -0.4 is 0 Å². The molecule has 0 radical (unpaired) electrons. The number of hydrogen-bond acceptors (Lipinski definition) is 3. The number of carbonyl (C=O) groups excluding carboxylic acids is 1. The maximum atomic E-state index is 14.7. The molecule has 4 aliphatic heterocycles. The van der Waals surface area contributed by atoms with Gasteiger partial charge in [0.1, 0.15) is 0 Å². The summed E-state index contributed by atoms with van der Waals surface area (Å²) in [6, 6.07) is 6.33. The number of hydrogen-bond donors (Lipinski definition) is 0. The molecule has 0 aliphatic carbocycles. The number of fused-ring (bicyclic) bond motifs is 2. The first-order valence-corrected chi connectivity index (χ1v) is 9.95. The zero-order valence-electron chi connectivity index (χ0n) is 15.8. The first kappa shape index (κ1) is 17.7. The van der Waals surface area contributed by atoms with E-state index < -0.39 is 11.6 Å². The highest BCUT2D eigenvalue weighted by Gasteiger charge is 2.55. The van der Waals surface area contributed by atoms with Crippen LogP contribution in [0.5, 0.6) is 0 Å². The Balaban J connectivity index is 1.56. The van der Waals surface area contributed by atoms with Crippen LogP contribution >= 0.6 is 0 Å². The molecule has 146 valence electrons. The van der Waals surface area contributed by atoms with E-state index in [-0.39, 0.29) is 23.9 Å². The zero-order chi connectivity index (χ0) is 19.4. The van der Waals surface area contributed by atoms with Gasteiger partial charge in [-0.05, 0) is 62.0 Å². The molecule has 1 aromatic heterocycles. The van der Waals surface area contributed by atoms with E-state index in [4.69, 9.17) is 0 Å². The van der Waals surface area contributed by atoms with Gasteiger partial charge in [0.2, 0.25) is 0 Å². The molecule has 0 spiro atoms. The van der Waals surface area contributed by atoms with Crippen LogP contribution in [0, 0.1) is 24.5 Å². The summed E-state index contributed by atoms with van der Waals surface area (Å²) in [5.74, 6) is -1.46. The number of aromatic nitrogens is 1. The molecular weight excluding hydrogens is 360 g/mol. The summed E-state index contributed by atoms with van der Waals surface area (Å²) in [6.07, 6.45) is 5.43. The van der Waals surface area contributed by atoms with Crippen molar-refractivity contribution in [2.24, 2.45) is 5.92 Å². The van der Waals surface area contributed by atoms with Crippen molar-refractivity contribution >= 4 is 5.91 Å². The minimum absolute atomic E-state index is 0.0446. The number of rotatable bonds is 2. The molecule has 3 atom stereocenters. The van der Waals surface area contributed by atoms with Gasteiger partial charge in [-0.3, -0.25) is 14.7 Å². The second-order valence-corrected chi connectivity index (χ2v) is 8.31. The normalized spacial score (nSPS) is 31.1. The Morgan fingerprint density at radius 2 is 1.93 bits per heavy atom. The Bertz CT molecular complexity index is 926. The van der Waals surface area contributed by atoms with Crippen LogP contribution in [0.3, 0.4) is 0 Å². The third kappa shape index (κ3) is 2.65. The van der Waals surface area contributed by atoms with Crippen LogP contribution in [0.25, 0.3) is 0 Å². The summed E-state index contributed by atoms with van der Waals surface area (Å²) in [7, 11) is 0. The van der Waals surface area contributed by atoms with Crippen LogP contribution in [0.2, 0.25) is 0 Å². The predicted octanol–water partition coefficient (Wildman–Crippen LogP) is 3.37. The molecule has 4 aliphatic rings. The van der Waals surface area contributed by atoms with E-state index in [0.717, 1.165) is 37.6 Å². The second kappa shape index (κ2) is 6.62. The van der Waals surface area contributed by atoms with Gasteiger partial charge in [-0.1, -0.05) is 12.1 Å². The number of likely N-dealkylation sites (tertiary alicyclic amines) is 1. The summed E-state index contributed by atoms with van der Waals surface area (Å²) in [5.41, 5.74) is 1.89. The highest BCUT2D eigenvalue weighted by Crippen LogP contribution is 2.47. The average molecular weight is 383 g/mol. The van der Waals surface area contributed by atoms with E-state index in [1.807, 2.05) is 17.9 Å². The number of piperidine rings is 3. The third-order valence-electron chi connectivity index (χ3n) is 6.76. The zero-order valence-corrected chi connectivity index (χ0v) is 15.8. The standard InChI is InChI=1S/C22H23F2N3O/c1-13-9-15(11-25-10-13)22(28)27-12-17(16-3-2-4-18(23)19(16)24)21-20(27)14-5-7-26(21)8-6-14/h2-4,9-11,14,17,20-21H,5-8,12H2,1H3/t17-,20+,21+/m0/s1. The lowest BCUT2D eigenvalue weighted by molar-refractivity contribution is -0.00360. The van der Waals surface area contributed by atoms with E-state index in [9.17, 15) is 13.6 Å². The monoisotopic (exact) mass is 383 g/mol. The number of halogens is 2. The minimum Gasteiger partial charge on any atom is -0.333 e. The van der Waals surface area contributed by atoms with Crippen molar-refractivity contribution in [3.63, 3.8) is 0 Å². The lowest BCUT2D eigenvalue weighted by Gasteiger charge is -2.51. The third-order valence-corrected chi connectivity index (χ3v) is 6.76. The van der Waals surface area contributed by atoms with Crippen molar-refractivity contribution in [2.75, 3.05) is 19.6 Å². The summed E-state index contributed by atoms with van der Waals surface area (Å²) >= 11 is 0.